The summed E-state index contributed by atoms with van der Waals surface area (Å²) in [7, 11) is 0. The Kier molecular flexibility index (Phi) is 28.2. The van der Waals surface area contributed by atoms with Crippen molar-refractivity contribution in [3.63, 3.8) is 0 Å². The molecule has 0 heteroatoms. The lowest BCUT2D eigenvalue weighted by atomic mass is 9.82. The first-order chi connectivity index (χ1) is 16.3. The van der Waals surface area contributed by atoms with E-state index in [1.54, 1.807) is 0 Å². The van der Waals surface area contributed by atoms with Crippen molar-refractivity contribution in [2.24, 2.45) is 11.8 Å². The first-order valence-electron chi connectivity index (χ1n) is 16.1. The van der Waals surface area contributed by atoms with Crippen LogP contribution in [-0.2, 0) is 0 Å². The number of hydrogen-bond donors (Lipinski definition) is 0. The zero-order valence-corrected chi connectivity index (χ0v) is 24.1. The van der Waals surface area contributed by atoms with Crippen LogP contribution in [0.15, 0.2) is 0 Å². The summed E-state index contributed by atoms with van der Waals surface area (Å²) in [6, 6.07) is 0. The van der Waals surface area contributed by atoms with Crippen LogP contribution in [0.2, 0.25) is 0 Å². The molecule has 0 bridgehead atoms. The van der Waals surface area contributed by atoms with E-state index in [4.69, 9.17) is 0 Å². The molecular weight excluding hydrogens is 396 g/mol. The fourth-order valence-corrected chi connectivity index (χ4v) is 5.45. The fourth-order valence-electron chi connectivity index (χ4n) is 5.45. The van der Waals surface area contributed by atoms with Gasteiger partial charge in [-0.15, -0.1) is 0 Å². The van der Waals surface area contributed by atoms with Gasteiger partial charge in [0.2, 0.25) is 0 Å². The minimum absolute atomic E-state index is 0.901. The quantitative estimate of drug-likeness (QED) is 0.101. The SMILES string of the molecule is CCCCCCCCC([CH]C(CCCCCCC)CCCCCCCC)CCCCCCC. The van der Waals surface area contributed by atoms with Gasteiger partial charge < -0.3 is 0 Å². The van der Waals surface area contributed by atoms with Crippen LogP contribution in [0.3, 0.4) is 0 Å². The first-order valence-corrected chi connectivity index (χ1v) is 16.1. The summed E-state index contributed by atoms with van der Waals surface area (Å²) in [6.45, 7) is 9.33. The smallest absolute Gasteiger partial charge is 0.0324 e. The molecular formula is C33H67. The van der Waals surface area contributed by atoms with Crippen LogP contribution < -0.4 is 0 Å². The summed E-state index contributed by atoms with van der Waals surface area (Å²) < 4.78 is 0. The van der Waals surface area contributed by atoms with Crippen molar-refractivity contribution in [3.8, 4) is 0 Å². The van der Waals surface area contributed by atoms with Crippen LogP contribution >= 0.6 is 0 Å². The summed E-state index contributed by atoms with van der Waals surface area (Å²) in [6.07, 6.45) is 40.5. The summed E-state index contributed by atoms with van der Waals surface area (Å²) in [5.74, 6) is 1.80. The Morgan fingerprint density at radius 3 is 0.758 bits per heavy atom. The lowest BCUT2D eigenvalue weighted by Gasteiger charge is -2.24. The molecule has 0 aliphatic rings. The Morgan fingerprint density at radius 2 is 0.515 bits per heavy atom. The maximum Gasteiger partial charge on any atom is -0.0324 e. The average molecular weight is 464 g/mol. The Labute approximate surface area is 212 Å². The average Bonchev–Trinajstić information content (AvgIpc) is 2.82. The standard InChI is InChI=1S/C33H67/c1-5-9-13-17-21-25-29-32(27-23-19-15-11-7-3)31-33(28-24-20-16-12-8-4)30-26-22-18-14-10-6-2/h31-33H,5-30H2,1-4H3. The molecule has 0 aromatic carbocycles. The third-order valence-electron chi connectivity index (χ3n) is 7.76. The van der Waals surface area contributed by atoms with Crippen LogP contribution in [0.5, 0.6) is 0 Å². The summed E-state index contributed by atoms with van der Waals surface area (Å²) in [5.41, 5.74) is 0. The topological polar surface area (TPSA) is 0 Å². The molecule has 2 unspecified atom stereocenters. The summed E-state index contributed by atoms with van der Waals surface area (Å²) in [4.78, 5) is 0. The van der Waals surface area contributed by atoms with Crippen molar-refractivity contribution in [3.05, 3.63) is 6.42 Å². The van der Waals surface area contributed by atoms with Gasteiger partial charge in [-0.25, -0.2) is 0 Å². The molecule has 33 heavy (non-hydrogen) atoms. The number of rotatable bonds is 28. The second kappa shape index (κ2) is 28.2. The molecule has 2 atom stereocenters. The van der Waals surface area contributed by atoms with Crippen LogP contribution in [-0.4, -0.2) is 0 Å². The molecule has 0 saturated heterocycles. The highest BCUT2D eigenvalue weighted by molar-refractivity contribution is 4.84. The zero-order valence-electron chi connectivity index (χ0n) is 24.1. The van der Waals surface area contributed by atoms with Crippen molar-refractivity contribution in [1.29, 1.82) is 0 Å². The molecule has 0 fully saturated rings. The highest BCUT2D eigenvalue weighted by atomic mass is 14.2. The molecule has 0 heterocycles. The lowest BCUT2D eigenvalue weighted by molar-refractivity contribution is 0.364. The van der Waals surface area contributed by atoms with Crippen LogP contribution in [0.1, 0.15) is 195 Å². The maximum absolute atomic E-state index is 2.90. The van der Waals surface area contributed by atoms with E-state index in [1.165, 1.54) is 167 Å². The van der Waals surface area contributed by atoms with Gasteiger partial charge in [0.1, 0.15) is 0 Å². The largest absolute Gasteiger partial charge is 0.0654 e. The normalized spacial score (nSPS) is 13.5. The molecule has 0 nitrogen and oxygen atoms in total. The number of hydrogen-bond acceptors (Lipinski definition) is 0. The maximum atomic E-state index is 2.90. The van der Waals surface area contributed by atoms with Crippen LogP contribution in [0.25, 0.3) is 0 Å². The number of unbranched alkanes of at least 4 members (excludes halogenated alkanes) is 18. The Bertz CT molecular complexity index is 301. The van der Waals surface area contributed by atoms with E-state index in [0.717, 1.165) is 11.8 Å². The molecule has 0 N–H and O–H groups in total. The van der Waals surface area contributed by atoms with E-state index in [2.05, 4.69) is 34.1 Å². The van der Waals surface area contributed by atoms with Crippen LogP contribution in [0.4, 0.5) is 0 Å². The minimum Gasteiger partial charge on any atom is -0.0654 e. The monoisotopic (exact) mass is 464 g/mol. The van der Waals surface area contributed by atoms with Gasteiger partial charge >= 0.3 is 0 Å². The van der Waals surface area contributed by atoms with Crippen molar-refractivity contribution in [2.75, 3.05) is 0 Å². The molecule has 0 aromatic rings. The Morgan fingerprint density at radius 1 is 0.303 bits per heavy atom. The molecule has 0 saturated carbocycles. The third-order valence-corrected chi connectivity index (χ3v) is 7.76. The van der Waals surface area contributed by atoms with Gasteiger partial charge in [0.05, 0.1) is 0 Å². The lowest BCUT2D eigenvalue weighted by Crippen LogP contribution is -2.12. The molecule has 0 aromatic heterocycles. The predicted molar refractivity (Wildman–Crippen MR) is 154 cm³/mol. The van der Waals surface area contributed by atoms with E-state index in [9.17, 15) is 0 Å². The van der Waals surface area contributed by atoms with Gasteiger partial charge in [0, 0.05) is 0 Å². The van der Waals surface area contributed by atoms with Gasteiger partial charge in [-0.05, 0) is 18.3 Å². The minimum atomic E-state index is 0.901. The molecule has 0 aliphatic heterocycles. The third kappa shape index (κ3) is 24.9. The van der Waals surface area contributed by atoms with Gasteiger partial charge in [-0.1, -0.05) is 195 Å². The highest BCUT2D eigenvalue weighted by Gasteiger charge is 2.17. The Hall–Kier alpha value is 0. The van der Waals surface area contributed by atoms with Gasteiger partial charge in [-0.2, -0.15) is 0 Å². The van der Waals surface area contributed by atoms with E-state index >= 15 is 0 Å². The van der Waals surface area contributed by atoms with Gasteiger partial charge in [0.15, 0.2) is 0 Å². The van der Waals surface area contributed by atoms with Crippen molar-refractivity contribution < 1.29 is 0 Å². The second-order valence-electron chi connectivity index (χ2n) is 11.2. The van der Waals surface area contributed by atoms with Gasteiger partial charge in [-0.3, -0.25) is 0 Å². The molecule has 0 amide bonds. The molecule has 1 radical (unpaired) electrons. The molecule has 199 valence electrons. The van der Waals surface area contributed by atoms with Crippen molar-refractivity contribution in [1.82, 2.24) is 0 Å². The van der Waals surface area contributed by atoms with E-state index in [-0.39, 0.29) is 0 Å². The molecule has 0 rings (SSSR count). The zero-order chi connectivity index (χ0) is 24.2. The van der Waals surface area contributed by atoms with E-state index in [0.29, 0.717) is 0 Å². The summed E-state index contributed by atoms with van der Waals surface area (Å²) >= 11 is 0. The van der Waals surface area contributed by atoms with Gasteiger partial charge in [0.25, 0.3) is 0 Å². The Balaban J connectivity index is 4.54. The van der Waals surface area contributed by atoms with Crippen molar-refractivity contribution in [2.45, 2.75) is 195 Å². The highest BCUT2D eigenvalue weighted by Crippen LogP contribution is 2.30. The predicted octanol–water partition coefficient (Wildman–Crippen LogP) is 12.6. The second-order valence-corrected chi connectivity index (χ2v) is 11.2. The first kappa shape index (κ1) is 33.0. The molecule has 0 spiro atoms. The van der Waals surface area contributed by atoms with E-state index in [1.807, 2.05) is 0 Å². The van der Waals surface area contributed by atoms with Crippen molar-refractivity contribution >= 4 is 0 Å². The molecule has 0 aliphatic carbocycles. The van der Waals surface area contributed by atoms with E-state index < -0.39 is 0 Å². The fraction of sp³-hybridized carbons (Fsp3) is 0.970. The van der Waals surface area contributed by atoms with Crippen LogP contribution in [0, 0.1) is 18.3 Å². The summed E-state index contributed by atoms with van der Waals surface area (Å²) in [5, 5.41) is 0.